The lowest BCUT2D eigenvalue weighted by Crippen LogP contribution is -2.27. The van der Waals surface area contributed by atoms with E-state index in [-0.39, 0.29) is 28.2 Å². The molecule has 0 amide bonds. The molecule has 164 valence electrons. The number of aromatic hydroxyl groups is 1. The second-order valence-corrected chi connectivity index (χ2v) is 8.73. The van der Waals surface area contributed by atoms with Gasteiger partial charge in [0, 0.05) is 29.4 Å². The first kappa shape index (κ1) is 21.4. The number of anilines is 1. The lowest BCUT2D eigenvalue weighted by Gasteiger charge is -2.25. The molecule has 0 aliphatic heterocycles. The van der Waals surface area contributed by atoms with Crippen LogP contribution < -0.4 is 4.90 Å². The molecule has 1 N–H and O–H groups in total. The van der Waals surface area contributed by atoms with Gasteiger partial charge < -0.3 is 14.7 Å². The van der Waals surface area contributed by atoms with Crippen molar-refractivity contribution in [2.24, 2.45) is 5.92 Å². The molecule has 0 spiro atoms. The molecular weight excluding hydrogens is 390 g/mol. The van der Waals surface area contributed by atoms with Crippen LogP contribution in [-0.4, -0.2) is 35.5 Å². The third-order valence-electron chi connectivity index (χ3n) is 6.40. The summed E-state index contributed by atoms with van der Waals surface area (Å²) in [5, 5.41) is 10.7. The highest BCUT2D eigenvalue weighted by molar-refractivity contribution is 6.15. The Morgan fingerprint density at radius 1 is 0.968 bits per heavy atom. The lowest BCUT2D eigenvalue weighted by atomic mass is 9.97. The third kappa shape index (κ3) is 4.76. The van der Waals surface area contributed by atoms with Crippen molar-refractivity contribution in [3.8, 4) is 5.75 Å². The monoisotopic (exact) mass is 421 g/mol. The number of phenols is 1. The molecule has 2 aliphatic carbocycles. The Balaban J connectivity index is 1.55. The minimum absolute atomic E-state index is 0.0472. The van der Waals surface area contributed by atoms with Crippen LogP contribution in [0, 0.1) is 5.92 Å². The molecule has 2 aromatic rings. The molecule has 2 aliphatic rings. The number of ketones is 1. The Bertz CT molecular complexity index is 946. The second-order valence-electron chi connectivity index (χ2n) is 8.73. The van der Waals surface area contributed by atoms with Crippen molar-refractivity contribution in [3.05, 3.63) is 59.2 Å². The van der Waals surface area contributed by atoms with E-state index < -0.39 is 5.97 Å². The maximum absolute atomic E-state index is 13.2. The van der Waals surface area contributed by atoms with Gasteiger partial charge in [-0.2, -0.15) is 0 Å². The van der Waals surface area contributed by atoms with Crippen LogP contribution in [0.5, 0.6) is 5.75 Å². The zero-order valence-corrected chi connectivity index (χ0v) is 18.3. The fourth-order valence-electron chi connectivity index (χ4n) is 4.10. The van der Waals surface area contributed by atoms with Gasteiger partial charge in [0.2, 0.25) is 0 Å². The van der Waals surface area contributed by atoms with E-state index in [9.17, 15) is 14.7 Å². The Labute approximate surface area is 184 Å². The topological polar surface area (TPSA) is 66.8 Å². The van der Waals surface area contributed by atoms with Crippen LogP contribution in [-0.2, 0) is 4.74 Å². The van der Waals surface area contributed by atoms with Crippen LogP contribution in [0.3, 0.4) is 0 Å². The fourth-order valence-corrected chi connectivity index (χ4v) is 4.10. The summed E-state index contributed by atoms with van der Waals surface area (Å²) in [6.45, 7) is 4.48. The molecule has 5 heteroatoms. The molecule has 2 saturated carbocycles. The molecule has 0 atom stereocenters. The molecule has 2 aromatic carbocycles. The highest BCUT2D eigenvalue weighted by atomic mass is 16.5. The number of rotatable bonds is 10. The van der Waals surface area contributed by atoms with Crippen LogP contribution in [0.15, 0.2) is 42.5 Å². The molecule has 2 fully saturated rings. The Morgan fingerprint density at radius 2 is 1.58 bits per heavy atom. The van der Waals surface area contributed by atoms with Gasteiger partial charge in [0.15, 0.2) is 5.78 Å². The van der Waals surface area contributed by atoms with Gasteiger partial charge in [-0.3, -0.25) is 4.79 Å². The van der Waals surface area contributed by atoms with Crippen molar-refractivity contribution in [2.75, 3.05) is 11.5 Å². The van der Waals surface area contributed by atoms with Gasteiger partial charge in [-0.15, -0.1) is 0 Å². The van der Waals surface area contributed by atoms with Gasteiger partial charge in [-0.1, -0.05) is 44.9 Å². The van der Waals surface area contributed by atoms with Crippen molar-refractivity contribution in [3.63, 3.8) is 0 Å². The van der Waals surface area contributed by atoms with E-state index in [4.69, 9.17) is 4.74 Å². The number of hydrogen-bond acceptors (Lipinski definition) is 5. The number of benzene rings is 2. The highest BCUT2D eigenvalue weighted by Gasteiger charge is 2.39. The molecule has 0 unspecified atom stereocenters. The van der Waals surface area contributed by atoms with E-state index in [1.807, 2.05) is 6.07 Å². The molecule has 0 aromatic heterocycles. The molecular formula is C26H31NO4. The minimum atomic E-state index is -0.499. The first-order valence-electron chi connectivity index (χ1n) is 11.5. The average Bonchev–Trinajstić information content (AvgIpc) is 3.70. The summed E-state index contributed by atoms with van der Waals surface area (Å²) >= 11 is 0. The molecule has 4 rings (SSSR count). The smallest absolute Gasteiger partial charge is 0.338 e. The quantitative estimate of drug-likeness (QED) is 0.414. The van der Waals surface area contributed by atoms with Crippen LogP contribution in [0.25, 0.3) is 0 Å². The summed E-state index contributed by atoms with van der Waals surface area (Å²) in [4.78, 5) is 28.3. The van der Waals surface area contributed by atoms with Gasteiger partial charge in [0.1, 0.15) is 5.75 Å². The third-order valence-corrected chi connectivity index (χ3v) is 6.40. The SMILES string of the molecule is CCC(CC)COC(=O)c1ccccc1C(=O)c1ccc(N(C2CC2)C2CC2)cc1O. The summed E-state index contributed by atoms with van der Waals surface area (Å²) < 4.78 is 5.49. The van der Waals surface area contributed by atoms with Crippen LogP contribution >= 0.6 is 0 Å². The maximum atomic E-state index is 13.2. The number of ether oxygens (including phenoxy) is 1. The van der Waals surface area contributed by atoms with Crippen molar-refractivity contribution in [1.29, 1.82) is 0 Å². The van der Waals surface area contributed by atoms with Crippen LogP contribution in [0.4, 0.5) is 5.69 Å². The van der Waals surface area contributed by atoms with E-state index in [0.717, 1.165) is 18.5 Å². The number of hydrogen-bond donors (Lipinski definition) is 1. The number of carbonyl (C=O) groups excluding carboxylic acids is 2. The van der Waals surface area contributed by atoms with E-state index in [1.54, 1.807) is 36.4 Å². The van der Waals surface area contributed by atoms with Gasteiger partial charge >= 0.3 is 5.97 Å². The van der Waals surface area contributed by atoms with Crippen molar-refractivity contribution in [1.82, 2.24) is 0 Å². The van der Waals surface area contributed by atoms with Crippen LogP contribution in [0.1, 0.15) is 78.7 Å². The van der Waals surface area contributed by atoms with E-state index in [0.29, 0.717) is 24.6 Å². The van der Waals surface area contributed by atoms with Gasteiger partial charge in [-0.05, 0) is 49.8 Å². The lowest BCUT2D eigenvalue weighted by molar-refractivity contribution is 0.0430. The largest absolute Gasteiger partial charge is 0.507 e. The number of esters is 1. The van der Waals surface area contributed by atoms with E-state index in [2.05, 4.69) is 18.7 Å². The molecule has 0 heterocycles. The molecule has 0 bridgehead atoms. The zero-order valence-electron chi connectivity index (χ0n) is 18.3. The zero-order chi connectivity index (χ0) is 22.0. The summed E-state index contributed by atoms with van der Waals surface area (Å²) in [5.74, 6) is -0.609. The van der Waals surface area contributed by atoms with Crippen molar-refractivity contribution in [2.45, 2.75) is 64.5 Å². The summed E-state index contributed by atoms with van der Waals surface area (Å²) in [6, 6.07) is 13.1. The number of phenolic OH excluding ortho intramolecular Hbond substituents is 1. The first-order chi connectivity index (χ1) is 15.0. The number of carbonyl (C=O) groups is 2. The predicted octanol–water partition coefficient (Wildman–Crippen LogP) is 5.35. The first-order valence-corrected chi connectivity index (χ1v) is 11.5. The second kappa shape index (κ2) is 9.13. The molecule has 5 nitrogen and oxygen atoms in total. The molecule has 0 radical (unpaired) electrons. The molecule has 0 saturated heterocycles. The maximum Gasteiger partial charge on any atom is 0.338 e. The minimum Gasteiger partial charge on any atom is -0.507 e. The average molecular weight is 422 g/mol. The Morgan fingerprint density at radius 3 is 2.13 bits per heavy atom. The fraction of sp³-hybridized carbons (Fsp3) is 0.462. The summed E-state index contributed by atoms with van der Waals surface area (Å²) in [6.07, 6.45) is 6.61. The predicted molar refractivity (Wildman–Crippen MR) is 121 cm³/mol. The van der Waals surface area contributed by atoms with Crippen molar-refractivity contribution < 1.29 is 19.4 Å². The standard InChI is InChI=1S/C26H31NO4/c1-3-17(4-2)16-31-26(30)22-8-6-5-7-21(22)25(29)23-14-13-20(15-24(23)28)27(18-9-10-18)19-11-12-19/h5-8,13-15,17-19,28H,3-4,9-12,16H2,1-2H3. The number of nitrogens with zero attached hydrogens (tertiary/aromatic N) is 1. The van der Waals surface area contributed by atoms with E-state index >= 15 is 0 Å². The van der Waals surface area contributed by atoms with Crippen molar-refractivity contribution >= 4 is 17.4 Å². The van der Waals surface area contributed by atoms with Gasteiger partial charge in [0.25, 0.3) is 0 Å². The van der Waals surface area contributed by atoms with Crippen LogP contribution in [0.2, 0.25) is 0 Å². The molecule has 31 heavy (non-hydrogen) atoms. The summed E-state index contributed by atoms with van der Waals surface area (Å²) in [5.41, 5.74) is 1.66. The van der Waals surface area contributed by atoms with Gasteiger partial charge in [0.05, 0.1) is 17.7 Å². The summed E-state index contributed by atoms with van der Waals surface area (Å²) in [7, 11) is 0. The Hall–Kier alpha value is -2.82. The van der Waals surface area contributed by atoms with Gasteiger partial charge in [-0.25, -0.2) is 4.79 Å². The Kier molecular flexibility index (Phi) is 6.30. The van der Waals surface area contributed by atoms with E-state index in [1.165, 1.54) is 25.7 Å². The normalized spacial score (nSPS) is 15.7. The highest BCUT2D eigenvalue weighted by Crippen LogP contribution is 2.42.